The average molecular weight is 388 g/mol. The van der Waals surface area contributed by atoms with E-state index in [1.165, 1.54) is 38.5 Å². The molecule has 0 saturated heterocycles. The lowest BCUT2D eigenvalue weighted by Gasteiger charge is -2.62. The molecule has 4 aliphatic rings. The normalized spacial score (nSPS) is 51.5. The number of aliphatic hydroxyl groups is 1. The number of ether oxygens (including phenoxy) is 1. The molecule has 4 rings (SSSR count). The Morgan fingerprint density at radius 3 is 2.50 bits per heavy atom. The quantitative estimate of drug-likeness (QED) is 0.686. The van der Waals surface area contributed by atoms with E-state index >= 15 is 0 Å². The molecule has 4 saturated carbocycles. The maximum atomic E-state index is 11.4. The highest BCUT2D eigenvalue weighted by Crippen LogP contribution is 2.68. The van der Waals surface area contributed by atoms with E-state index in [0.29, 0.717) is 52.9 Å². The second kappa shape index (κ2) is 7.59. The lowest BCUT2D eigenvalue weighted by Crippen LogP contribution is -2.58. The first-order valence-electron chi connectivity index (χ1n) is 11.9. The molecule has 28 heavy (non-hydrogen) atoms. The Kier molecular flexibility index (Phi) is 5.60. The molecular weight excluding hydrogens is 346 g/mol. The van der Waals surface area contributed by atoms with Crippen LogP contribution < -0.4 is 0 Å². The molecule has 158 valence electrons. The minimum Gasteiger partial charge on any atom is -0.393 e. The van der Waals surface area contributed by atoms with E-state index in [0.717, 1.165) is 25.2 Å². The number of hydrogen-bond acceptors (Lipinski definition) is 3. The Labute approximate surface area is 172 Å². The van der Waals surface area contributed by atoms with Crippen molar-refractivity contribution in [1.29, 1.82) is 5.26 Å². The first-order chi connectivity index (χ1) is 13.3. The second-order valence-electron chi connectivity index (χ2n) is 11.3. The molecule has 3 heteroatoms. The largest absolute Gasteiger partial charge is 0.393 e. The van der Waals surface area contributed by atoms with Crippen LogP contribution in [0.4, 0.5) is 0 Å². The van der Waals surface area contributed by atoms with Crippen molar-refractivity contribution >= 4 is 0 Å². The van der Waals surface area contributed by atoms with Gasteiger partial charge in [0, 0.05) is 13.5 Å². The summed E-state index contributed by atoms with van der Waals surface area (Å²) in [6, 6.07) is 2.35. The number of rotatable bonds is 4. The van der Waals surface area contributed by atoms with Gasteiger partial charge in [-0.05, 0) is 104 Å². The summed E-state index contributed by atoms with van der Waals surface area (Å²) >= 11 is 0. The van der Waals surface area contributed by atoms with E-state index in [2.05, 4.69) is 26.8 Å². The summed E-state index contributed by atoms with van der Waals surface area (Å²) in [5.74, 6) is 3.84. The second-order valence-corrected chi connectivity index (χ2v) is 11.3. The Morgan fingerprint density at radius 2 is 1.79 bits per heavy atom. The Bertz CT molecular complexity index is 614. The van der Waals surface area contributed by atoms with Crippen LogP contribution in [0.15, 0.2) is 0 Å². The van der Waals surface area contributed by atoms with Gasteiger partial charge < -0.3 is 9.84 Å². The predicted octanol–water partition coefficient (Wildman–Crippen LogP) is 5.57. The van der Waals surface area contributed by atoms with Crippen molar-refractivity contribution < 1.29 is 9.84 Å². The van der Waals surface area contributed by atoms with E-state index in [1.54, 1.807) is 0 Å². The standard InChI is InChI=1S/C25H41NO2/c1-16(6-5-13-26)19-7-8-20-23-21(10-12-25(19,20)3)24(2)11-9-18(28-4)14-17(24)15-22(23)27/h16-23,27H,5-12,14-15H2,1-4H3/t16-,17+,18-,19-,20+,21+,22-,23+,24+,25-/m1/s1. The Morgan fingerprint density at radius 1 is 1.07 bits per heavy atom. The summed E-state index contributed by atoms with van der Waals surface area (Å²) in [5.41, 5.74) is 0.759. The van der Waals surface area contributed by atoms with Crippen molar-refractivity contribution in [1.82, 2.24) is 0 Å². The molecule has 0 aromatic rings. The average Bonchev–Trinajstić information content (AvgIpc) is 3.03. The third-order valence-electron chi connectivity index (χ3n) is 10.4. The van der Waals surface area contributed by atoms with Crippen molar-refractivity contribution in [2.24, 2.45) is 46.3 Å². The monoisotopic (exact) mass is 387 g/mol. The topological polar surface area (TPSA) is 53.2 Å². The van der Waals surface area contributed by atoms with Gasteiger partial charge in [-0.3, -0.25) is 0 Å². The van der Waals surface area contributed by atoms with Gasteiger partial charge in [-0.2, -0.15) is 5.26 Å². The van der Waals surface area contributed by atoms with Gasteiger partial charge in [0.05, 0.1) is 18.3 Å². The fraction of sp³-hybridized carbons (Fsp3) is 0.960. The van der Waals surface area contributed by atoms with E-state index in [-0.39, 0.29) is 6.10 Å². The number of nitriles is 1. The van der Waals surface area contributed by atoms with Gasteiger partial charge in [0.25, 0.3) is 0 Å². The fourth-order valence-corrected chi connectivity index (χ4v) is 8.87. The van der Waals surface area contributed by atoms with E-state index in [9.17, 15) is 5.11 Å². The maximum absolute atomic E-state index is 11.4. The molecule has 4 aliphatic carbocycles. The summed E-state index contributed by atoms with van der Waals surface area (Å²) in [6.45, 7) is 7.47. The van der Waals surface area contributed by atoms with Crippen LogP contribution in [0.1, 0.15) is 85.0 Å². The van der Waals surface area contributed by atoms with Gasteiger partial charge in [0.2, 0.25) is 0 Å². The number of methoxy groups -OCH3 is 1. The minimum atomic E-state index is -0.128. The number of nitrogens with zero attached hydrogens (tertiary/aromatic N) is 1. The van der Waals surface area contributed by atoms with Crippen LogP contribution in [0.3, 0.4) is 0 Å². The highest BCUT2D eigenvalue weighted by molar-refractivity contribution is 5.11. The zero-order valence-corrected chi connectivity index (χ0v) is 18.5. The van der Waals surface area contributed by atoms with Gasteiger partial charge in [-0.15, -0.1) is 0 Å². The summed E-state index contributed by atoms with van der Waals surface area (Å²) < 4.78 is 5.71. The smallest absolute Gasteiger partial charge is 0.0621 e. The zero-order chi connectivity index (χ0) is 20.1. The molecular formula is C25H41NO2. The molecule has 0 amide bonds. The Hall–Kier alpha value is -0.590. The summed E-state index contributed by atoms with van der Waals surface area (Å²) in [5, 5.41) is 20.4. The van der Waals surface area contributed by atoms with Crippen LogP contribution in [0, 0.1) is 57.7 Å². The molecule has 4 fully saturated rings. The van der Waals surface area contributed by atoms with Crippen molar-refractivity contribution in [2.45, 2.75) is 97.2 Å². The van der Waals surface area contributed by atoms with Crippen LogP contribution in [0.5, 0.6) is 0 Å². The van der Waals surface area contributed by atoms with Gasteiger partial charge in [-0.1, -0.05) is 20.8 Å². The van der Waals surface area contributed by atoms with Crippen LogP contribution >= 0.6 is 0 Å². The number of aliphatic hydroxyl groups excluding tert-OH is 1. The lowest BCUT2D eigenvalue weighted by atomic mass is 9.43. The van der Waals surface area contributed by atoms with E-state index in [4.69, 9.17) is 10.00 Å². The van der Waals surface area contributed by atoms with Crippen LogP contribution in [-0.4, -0.2) is 24.4 Å². The molecule has 0 spiro atoms. The predicted molar refractivity (Wildman–Crippen MR) is 111 cm³/mol. The molecule has 0 aliphatic heterocycles. The van der Waals surface area contributed by atoms with Crippen LogP contribution in [0.25, 0.3) is 0 Å². The van der Waals surface area contributed by atoms with Crippen molar-refractivity contribution in [3.05, 3.63) is 0 Å². The summed E-state index contributed by atoms with van der Waals surface area (Å²) in [7, 11) is 1.85. The minimum absolute atomic E-state index is 0.128. The van der Waals surface area contributed by atoms with Crippen LogP contribution in [-0.2, 0) is 4.74 Å². The first-order valence-corrected chi connectivity index (χ1v) is 11.9. The van der Waals surface area contributed by atoms with Crippen molar-refractivity contribution in [3.63, 3.8) is 0 Å². The van der Waals surface area contributed by atoms with Gasteiger partial charge in [0.15, 0.2) is 0 Å². The highest BCUT2D eigenvalue weighted by atomic mass is 16.5. The highest BCUT2D eigenvalue weighted by Gasteiger charge is 2.62. The molecule has 1 N–H and O–H groups in total. The third-order valence-corrected chi connectivity index (χ3v) is 10.4. The molecule has 0 aromatic heterocycles. The van der Waals surface area contributed by atoms with E-state index in [1.807, 2.05) is 7.11 Å². The fourth-order valence-electron chi connectivity index (χ4n) is 8.87. The molecule has 0 heterocycles. The van der Waals surface area contributed by atoms with Crippen molar-refractivity contribution in [3.8, 4) is 6.07 Å². The SMILES string of the molecule is CO[C@@H]1CC[C@@]2(C)[C@@H](C1)C[C@@H](O)[C@@H]1[C@@H]2CC[C@]2(C)[C@@H]([C@H](C)CCC#N)CC[C@@H]12. The number of hydrogen-bond donors (Lipinski definition) is 1. The van der Waals surface area contributed by atoms with Crippen molar-refractivity contribution in [2.75, 3.05) is 7.11 Å². The maximum Gasteiger partial charge on any atom is 0.0621 e. The van der Waals surface area contributed by atoms with Crippen LogP contribution in [0.2, 0.25) is 0 Å². The molecule has 3 nitrogen and oxygen atoms in total. The molecule has 0 unspecified atom stereocenters. The molecule has 0 bridgehead atoms. The summed E-state index contributed by atoms with van der Waals surface area (Å²) in [6.07, 6.45) is 11.8. The number of fused-ring (bicyclic) bond motifs is 5. The van der Waals surface area contributed by atoms with Gasteiger partial charge >= 0.3 is 0 Å². The molecule has 10 atom stereocenters. The zero-order valence-electron chi connectivity index (χ0n) is 18.5. The summed E-state index contributed by atoms with van der Waals surface area (Å²) in [4.78, 5) is 0. The third kappa shape index (κ3) is 3.05. The molecule has 0 radical (unpaired) electrons. The van der Waals surface area contributed by atoms with E-state index < -0.39 is 0 Å². The molecule has 0 aromatic carbocycles. The van der Waals surface area contributed by atoms with Gasteiger partial charge in [0.1, 0.15) is 0 Å². The lowest BCUT2D eigenvalue weighted by molar-refractivity contribution is -0.176. The Balaban J connectivity index is 1.56. The van der Waals surface area contributed by atoms with Gasteiger partial charge in [-0.25, -0.2) is 0 Å². The first kappa shape index (κ1) is 20.7.